The van der Waals surface area contributed by atoms with E-state index in [-0.39, 0.29) is 0 Å². The fourth-order valence-electron chi connectivity index (χ4n) is 1.54. The van der Waals surface area contributed by atoms with Crippen LogP contribution in [0.4, 0.5) is 5.95 Å². The molecule has 0 radical (unpaired) electrons. The highest BCUT2D eigenvalue weighted by atomic mass is 16.5. The first-order valence-electron chi connectivity index (χ1n) is 4.60. The van der Waals surface area contributed by atoms with Gasteiger partial charge >= 0.3 is 0 Å². The summed E-state index contributed by atoms with van der Waals surface area (Å²) in [6.07, 6.45) is 1.91. The van der Waals surface area contributed by atoms with Crippen LogP contribution in [0.15, 0.2) is 6.20 Å². The van der Waals surface area contributed by atoms with Crippen LogP contribution in [0.1, 0.15) is 5.69 Å². The van der Waals surface area contributed by atoms with Crippen LogP contribution in [0, 0.1) is 6.92 Å². The average molecular weight is 181 g/mol. The molecule has 2 heterocycles. The molecule has 1 aromatic heterocycles. The van der Waals surface area contributed by atoms with E-state index in [1.807, 2.05) is 13.2 Å². The Morgan fingerprint density at radius 3 is 2.62 bits per heavy atom. The molecule has 0 N–H and O–H groups in total. The summed E-state index contributed by atoms with van der Waals surface area (Å²) in [6.45, 7) is 5.59. The number of morpholine rings is 1. The molecule has 4 nitrogen and oxygen atoms in total. The van der Waals surface area contributed by atoms with Crippen LogP contribution >= 0.6 is 0 Å². The predicted octanol–water partition coefficient (Wildman–Crippen LogP) is 0.565. The topological polar surface area (TPSA) is 30.3 Å². The molecule has 1 saturated heterocycles. The second-order valence-corrected chi connectivity index (χ2v) is 3.36. The van der Waals surface area contributed by atoms with Crippen molar-refractivity contribution in [3.05, 3.63) is 11.9 Å². The first kappa shape index (κ1) is 8.56. The van der Waals surface area contributed by atoms with Crippen molar-refractivity contribution < 1.29 is 4.74 Å². The van der Waals surface area contributed by atoms with E-state index in [9.17, 15) is 0 Å². The maximum Gasteiger partial charge on any atom is 0.205 e. The lowest BCUT2D eigenvalue weighted by Crippen LogP contribution is -2.37. The maximum atomic E-state index is 5.29. The van der Waals surface area contributed by atoms with E-state index in [4.69, 9.17) is 4.74 Å². The summed E-state index contributed by atoms with van der Waals surface area (Å²) in [4.78, 5) is 6.63. The lowest BCUT2D eigenvalue weighted by atomic mass is 10.4. The molecule has 13 heavy (non-hydrogen) atoms. The van der Waals surface area contributed by atoms with E-state index in [2.05, 4.69) is 21.4 Å². The first-order valence-corrected chi connectivity index (χ1v) is 4.60. The van der Waals surface area contributed by atoms with Crippen molar-refractivity contribution in [1.29, 1.82) is 0 Å². The molecule has 0 amide bonds. The van der Waals surface area contributed by atoms with Crippen LogP contribution in [-0.4, -0.2) is 35.9 Å². The molecule has 0 atom stereocenters. The Bertz CT molecular complexity index is 289. The molecule has 2 rings (SSSR count). The zero-order chi connectivity index (χ0) is 9.26. The molecule has 0 spiro atoms. The van der Waals surface area contributed by atoms with Crippen molar-refractivity contribution in [2.45, 2.75) is 6.92 Å². The van der Waals surface area contributed by atoms with Crippen molar-refractivity contribution in [3.63, 3.8) is 0 Å². The van der Waals surface area contributed by atoms with Gasteiger partial charge in [0, 0.05) is 25.8 Å². The molecule has 1 aliphatic rings. The Labute approximate surface area is 78.1 Å². The minimum Gasteiger partial charge on any atom is -0.378 e. The Morgan fingerprint density at radius 1 is 1.38 bits per heavy atom. The molecule has 0 unspecified atom stereocenters. The highest BCUT2D eigenvalue weighted by Gasteiger charge is 2.15. The van der Waals surface area contributed by atoms with Crippen molar-refractivity contribution >= 4 is 5.95 Å². The molecule has 0 bridgehead atoms. The Balaban J connectivity index is 2.18. The van der Waals surface area contributed by atoms with Gasteiger partial charge in [0.2, 0.25) is 5.95 Å². The predicted molar refractivity (Wildman–Crippen MR) is 51.0 cm³/mol. The Hall–Kier alpha value is -1.03. The second-order valence-electron chi connectivity index (χ2n) is 3.36. The van der Waals surface area contributed by atoms with E-state index < -0.39 is 0 Å². The lowest BCUT2D eigenvalue weighted by molar-refractivity contribution is 0.121. The molecule has 0 aromatic carbocycles. The normalized spacial score (nSPS) is 17.8. The number of aryl methyl sites for hydroxylation is 1. The van der Waals surface area contributed by atoms with Gasteiger partial charge in [0.15, 0.2) is 0 Å². The standard InChI is InChI=1S/C9H15N3O/c1-8-7-10-9(11(8)2)12-3-5-13-6-4-12/h7H,3-6H2,1-2H3. The third kappa shape index (κ3) is 1.54. The third-order valence-electron chi connectivity index (χ3n) is 2.49. The SMILES string of the molecule is Cc1cnc(N2CCOCC2)n1C. The summed E-state index contributed by atoms with van der Waals surface area (Å²) in [5.41, 5.74) is 1.20. The molecule has 0 saturated carbocycles. The van der Waals surface area contributed by atoms with Gasteiger partial charge in [-0.15, -0.1) is 0 Å². The van der Waals surface area contributed by atoms with Gasteiger partial charge in [0.25, 0.3) is 0 Å². The van der Waals surface area contributed by atoms with Crippen LogP contribution in [0.25, 0.3) is 0 Å². The zero-order valence-corrected chi connectivity index (χ0v) is 8.16. The van der Waals surface area contributed by atoms with Crippen molar-refractivity contribution in [2.75, 3.05) is 31.2 Å². The summed E-state index contributed by atoms with van der Waals surface area (Å²) in [5, 5.41) is 0. The number of rotatable bonds is 1. The molecule has 4 heteroatoms. The number of ether oxygens (including phenoxy) is 1. The summed E-state index contributed by atoms with van der Waals surface area (Å²) >= 11 is 0. The quantitative estimate of drug-likeness (QED) is 0.634. The molecule has 1 fully saturated rings. The number of hydrogen-bond acceptors (Lipinski definition) is 3. The summed E-state index contributed by atoms with van der Waals surface area (Å²) in [7, 11) is 2.05. The van der Waals surface area contributed by atoms with Crippen LogP contribution in [-0.2, 0) is 11.8 Å². The highest BCUT2D eigenvalue weighted by Crippen LogP contribution is 2.14. The van der Waals surface area contributed by atoms with E-state index in [1.165, 1.54) is 5.69 Å². The van der Waals surface area contributed by atoms with Crippen molar-refractivity contribution in [2.24, 2.45) is 7.05 Å². The molecular weight excluding hydrogens is 166 g/mol. The number of nitrogens with zero attached hydrogens (tertiary/aromatic N) is 3. The van der Waals surface area contributed by atoms with Gasteiger partial charge in [-0.2, -0.15) is 0 Å². The van der Waals surface area contributed by atoms with Gasteiger partial charge in [0.1, 0.15) is 0 Å². The largest absolute Gasteiger partial charge is 0.378 e. The van der Waals surface area contributed by atoms with Crippen LogP contribution in [0.2, 0.25) is 0 Å². The molecule has 1 aromatic rings. The maximum absolute atomic E-state index is 5.29. The van der Waals surface area contributed by atoms with E-state index in [1.54, 1.807) is 0 Å². The smallest absolute Gasteiger partial charge is 0.205 e. The summed E-state index contributed by atoms with van der Waals surface area (Å²) < 4.78 is 7.41. The fraction of sp³-hybridized carbons (Fsp3) is 0.667. The number of anilines is 1. The highest BCUT2D eigenvalue weighted by molar-refractivity contribution is 5.33. The minimum atomic E-state index is 0.811. The molecule has 0 aliphatic carbocycles. The van der Waals surface area contributed by atoms with Gasteiger partial charge in [-0.05, 0) is 6.92 Å². The molecular formula is C9H15N3O. The zero-order valence-electron chi connectivity index (χ0n) is 8.16. The van der Waals surface area contributed by atoms with Crippen LogP contribution < -0.4 is 4.90 Å². The van der Waals surface area contributed by atoms with Crippen molar-refractivity contribution in [1.82, 2.24) is 9.55 Å². The summed E-state index contributed by atoms with van der Waals surface area (Å²) in [5.74, 6) is 1.06. The Kier molecular flexibility index (Phi) is 2.22. The van der Waals surface area contributed by atoms with Gasteiger partial charge in [-0.1, -0.05) is 0 Å². The number of hydrogen-bond donors (Lipinski definition) is 0. The minimum absolute atomic E-state index is 0.811. The van der Waals surface area contributed by atoms with Gasteiger partial charge in [-0.3, -0.25) is 0 Å². The van der Waals surface area contributed by atoms with Gasteiger partial charge in [-0.25, -0.2) is 4.98 Å². The summed E-state index contributed by atoms with van der Waals surface area (Å²) in [6, 6.07) is 0. The average Bonchev–Trinajstić information content (AvgIpc) is 2.49. The van der Waals surface area contributed by atoms with Gasteiger partial charge < -0.3 is 14.2 Å². The monoisotopic (exact) mass is 181 g/mol. The molecule has 1 aliphatic heterocycles. The number of aromatic nitrogens is 2. The third-order valence-corrected chi connectivity index (χ3v) is 2.49. The van der Waals surface area contributed by atoms with Crippen molar-refractivity contribution in [3.8, 4) is 0 Å². The van der Waals surface area contributed by atoms with Gasteiger partial charge in [0.05, 0.1) is 19.4 Å². The number of imidazole rings is 1. The lowest BCUT2D eigenvalue weighted by Gasteiger charge is -2.27. The van der Waals surface area contributed by atoms with Crippen LogP contribution in [0.3, 0.4) is 0 Å². The van der Waals surface area contributed by atoms with E-state index in [0.717, 1.165) is 32.3 Å². The van der Waals surface area contributed by atoms with E-state index >= 15 is 0 Å². The second kappa shape index (κ2) is 3.38. The fourth-order valence-corrected chi connectivity index (χ4v) is 1.54. The van der Waals surface area contributed by atoms with Crippen LogP contribution in [0.5, 0.6) is 0 Å². The Morgan fingerprint density at radius 2 is 2.08 bits per heavy atom. The van der Waals surface area contributed by atoms with E-state index in [0.29, 0.717) is 0 Å². The first-order chi connectivity index (χ1) is 6.29. The molecule has 72 valence electrons.